The van der Waals surface area contributed by atoms with Crippen LogP contribution in [0.3, 0.4) is 0 Å². The van der Waals surface area contributed by atoms with Gasteiger partial charge in [-0.3, -0.25) is 0 Å². The van der Waals surface area contributed by atoms with E-state index in [2.05, 4.69) is 18.0 Å². The van der Waals surface area contributed by atoms with Crippen molar-refractivity contribution in [2.45, 2.75) is 37.8 Å². The molecule has 0 atom stereocenters. The van der Waals surface area contributed by atoms with Crippen molar-refractivity contribution in [1.29, 1.82) is 5.26 Å². The third-order valence-corrected chi connectivity index (χ3v) is 3.77. The predicted molar refractivity (Wildman–Crippen MR) is 70.9 cm³/mol. The molecule has 1 fully saturated rings. The Morgan fingerprint density at radius 1 is 1.33 bits per heavy atom. The fourth-order valence-corrected chi connectivity index (χ4v) is 2.57. The fourth-order valence-electron chi connectivity index (χ4n) is 2.57. The van der Waals surface area contributed by atoms with E-state index in [0.717, 1.165) is 31.4 Å². The molecule has 1 aromatic rings. The summed E-state index contributed by atoms with van der Waals surface area (Å²) in [6.07, 6.45) is 4.37. The Kier molecular flexibility index (Phi) is 4.19. The van der Waals surface area contributed by atoms with Gasteiger partial charge in [-0.05, 0) is 43.9 Å². The molecule has 4 nitrogen and oxygen atoms in total. The van der Waals surface area contributed by atoms with Crippen LogP contribution in [0.4, 0.5) is 5.69 Å². The zero-order valence-electron chi connectivity index (χ0n) is 10.7. The minimum Gasteiger partial charge on any atom is -0.372 e. The highest BCUT2D eigenvalue weighted by Crippen LogP contribution is 2.27. The van der Waals surface area contributed by atoms with E-state index in [-0.39, 0.29) is 6.10 Å². The van der Waals surface area contributed by atoms with Crippen molar-refractivity contribution in [3.8, 4) is 6.07 Å². The van der Waals surface area contributed by atoms with Gasteiger partial charge in [0.2, 0.25) is 0 Å². The van der Waals surface area contributed by atoms with Crippen molar-refractivity contribution in [3.63, 3.8) is 0 Å². The average Bonchev–Trinajstić information content (AvgIpc) is 2.46. The van der Waals surface area contributed by atoms with E-state index in [1.165, 1.54) is 0 Å². The first-order chi connectivity index (χ1) is 8.74. The van der Waals surface area contributed by atoms with E-state index in [0.29, 0.717) is 11.6 Å². The summed E-state index contributed by atoms with van der Waals surface area (Å²) < 4.78 is 0. The molecule has 2 rings (SSSR count). The number of rotatable bonds is 3. The third kappa shape index (κ3) is 2.81. The molecule has 0 aromatic heterocycles. The van der Waals surface area contributed by atoms with Crippen molar-refractivity contribution in [2.75, 3.05) is 11.9 Å². The molecule has 4 heteroatoms. The van der Waals surface area contributed by atoms with Gasteiger partial charge in [0.15, 0.2) is 0 Å². The molecule has 18 heavy (non-hydrogen) atoms. The predicted octanol–water partition coefficient (Wildman–Crippen LogP) is 2.20. The lowest BCUT2D eigenvalue weighted by Crippen LogP contribution is -2.37. The second kappa shape index (κ2) is 5.85. The van der Waals surface area contributed by atoms with Gasteiger partial charge in [-0.15, -0.1) is 0 Å². The fraction of sp³-hybridized carbons (Fsp3) is 0.500. The molecule has 0 radical (unpaired) electrons. The highest BCUT2D eigenvalue weighted by molar-refractivity contribution is 5.51. The number of nitrogens with zero attached hydrogens (tertiary/aromatic N) is 2. The maximum Gasteiger partial charge on any atom is 0.0992 e. The van der Waals surface area contributed by atoms with Crippen LogP contribution in [0.15, 0.2) is 24.3 Å². The summed E-state index contributed by atoms with van der Waals surface area (Å²) in [6, 6.07) is 10.4. The van der Waals surface area contributed by atoms with Crippen molar-refractivity contribution in [1.82, 2.24) is 0 Å². The first-order valence-electron chi connectivity index (χ1n) is 6.33. The smallest absolute Gasteiger partial charge is 0.0992 e. The molecule has 96 valence electrons. The van der Waals surface area contributed by atoms with Crippen LogP contribution in [-0.4, -0.2) is 19.2 Å². The second-order valence-corrected chi connectivity index (χ2v) is 4.84. The Hall–Kier alpha value is -1.57. The van der Waals surface area contributed by atoms with E-state index in [1.54, 1.807) is 0 Å². The van der Waals surface area contributed by atoms with Gasteiger partial charge >= 0.3 is 0 Å². The van der Waals surface area contributed by atoms with Gasteiger partial charge in [0.05, 0.1) is 17.7 Å². The summed E-state index contributed by atoms with van der Waals surface area (Å²) in [5.41, 5.74) is 1.81. The molecule has 1 aliphatic carbocycles. The van der Waals surface area contributed by atoms with Gasteiger partial charge in [-0.2, -0.15) is 5.26 Å². The number of benzene rings is 1. The Labute approximate surface area is 108 Å². The molecule has 1 saturated carbocycles. The number of hydrogen-bond donors (Lipinski definition) is 1. The van der Waals surface area contributed by atoms with Crippen LogP contribution >= 0.6 is 0 Å². The molecule has 0 saturated heterocycles. The highest BCUT2D eigenvalue weighted by Gasteiger charge is 2.24. The summed E-state index contributed by atoms with van der Waals surface area (Å²) >= 11 is 0. The van der Waals surface area contributed by atoms with E-state index in [4.69, 9.17) is 16.0 Å². The molecule has 0 aliphatic heterocycles. The maximum absolute atomic E-state index is 8.92. The van der Waals surface area contributed by atoms with Gasteiger partial charge in [-0.25, -0.2) is 5.90 Å². The van der Waals surface area contributed by atoms with Crippen LogP contribution in [0, 0.1) is 11.3 Å². The Morgan fingerprint density at radius 3 is 2.67 bits per heavy atom. The van der Waals surface area contributed by atoms with Crippen LogP contribution < -0.4 is 10.8 Å². The Balaban J connectivity index is 2.03. The molecule has 1 aromatic carbocycles. The minimum absolute atomic E-state index is 0.208. The molecule has 2 N–H and O–H groups in total. The molecule has 0 heterocycles. The van der Waals surface area contributed by atoms with Crippen LogP contribution in [0.1, 0.15) is 31.2 Å². The number of anilines is 1. The SMILES string of the molecule is CN(c1cccc(C#N)c1)C1CCC(ON)CC1. The van der Waals surface area contributed by atoms with Crippen LogP contribution in [-0.2, 0) is 4.84 Å². The largest absolute Gasteiger partial charge is 0.372 e. The molecule has 0 bridgehead atoms. The van der Waals surface area contributed by atoms with Crippen LogP contribution in [0.2, 0.25) is 0 Å². The van der Waals surface area contributed by atoms with E-state index >= 15 is 0 Å². The topological polar surface area (TPSA) is 62.3 Å². The van der Waals surface area contributed by atoms with Crippen molar-refractivity contribution in [3.05, 3.63) is 29.8 Å². The normalized spacial score (nSPS) is 23.4. The molecule has 1 aliphatic rings. The van der Waals surface area contributed by atoms with Gasteiger partial charge in [0.1, 0.15) is 0 Å². The lowest BCUT2D eigenvalue weighted by atomic mass is 9.92. The molecule has 0 spiro atoms. The lowest BCUT2D eigenvalue weighted by molar-refractivity contribution is 0.0243. The Bertz CT molecular complexity index is 433. The zero-order valence-corrected chi connectivity index (χ0v) is 10.7. The van der Waals surface area contributed by atoms with Crippen molar-refractivity contribution >= 4 is 5.69 Å². The minimum atomic E-state index is 0.208. The summed E-state index contributed by atoms with van der Waals surface area (Å²) in [7, 11) is 2.09. The summed E-state index contributed by atoms with van der Waals surface area (Å²) in [4.78, 5) is 7.16. The molecule has 0 unspecified atom stereocenters. The van der Waals surface area contributed by atoms with E-state index < -0.39 is 0 Å². The average molecular weight is 245 g/mol. The number of nitrogens with two attached hydrogens (primary N) is 1. The summed E-state index contributed by atoms with van der Waals surface area (Å²) in [6.45, 7) is 0. The van der Waals surface area contributed by atoms with Gasteiger partial charge in [-0.1, -0.05) is 6.07 Å². The Morgan fingerprint density at radius 2 is 2.06 bits per heavy atom. The quantitative estimate of drug-likeness (QED) is 0.829. The molecular weight excluding hydrogens is 226 g/mol. The van der Waals surface area contributed by atoms with Gasteiger partial charge in [0, 0.05) is 18.8 Å². The van der Waals surface area contributed by atoms with E-state index in [1.807, 2.05) is 24.3 Å². The van der Waals surface area contributed by atoms with Crippen LogP contribution in [0.25, 0.3) is 0 Å². The lowest BCUT2D eigenvalue weighted by Gasteiger charge is -2.35. The zero-order chi connectivity index (χ0) is 13.0. The number of hydrogen-bond acceptors (Lipinski definition) is 4. The first-order valence-corrected chi connectivity index (χ1v) is 6.33. The van der Waals surface area contributed by atoms with Crippen LogP contribution in [0.5, 0.6) is 0 Å². The van der Waals surface area contributed by atoms with Crippen molar-refractivity contribution < 1.29 is 4.84 Å². The summed E-state index contributed by atoms with van der Waals surface area (Å²) in [5, 5.41) is 8.92. The molecular formula is C14H19N3O. The summed E-state index contributed by atoms with van der Waals surface area (Å²) in [5.74, 6) is 5.22. The number of nitriles is 1. The maximum atomic E-state index is 8.92. The van der Waals surface area contributed by atoms with Gasteiger partial charge in [0.25, 0.3) is 0 Å². The second-order valence-electron chi connectivity index (χ2n) is 4.84. The third-order valence-electron chi connectivity index (χ3n) is 3.77. The standard InChI is InChI=1S/C14H19N3O/c1-17(12-5-7-14(18-16)8-6-12)13-4-2-3-11(9-13)10-15/h2-4,9,12,14H,5-8,16H2,1H3. The molecule has 0 amide bonds. The highest BCUT2D eigenvalue weighted by atomic mass is 16.6. The first kappa shape index (κ1) is 12.9. The van der Waals surface area contributed by atoms with E-state index in [9.17, 15) is 0 Å². The van der Waals surface area contributed by atoms with Crippen molar-refractivity contribution in [2.24, 2.45) is 5.90 Å². The van der Waals surface area contributed by atoms with Gasteiger partial charge < -0.3 is 9.74 Å². The monoisotopic (exact) mass is 245 g/mol.